The zero-order chi connectivity index (χ0) is 20.2. The number of anilines is 1. The zero-order valence-corrected chi connectivity index (χ0v) is 16.4. The van der Waals surface area contributed by atoms with Gasteiger partial charge in [-0.15, -0.1) is 0 Å². The number of aryl methyl sites for hydroxylation is 1. The van der Waals surface area contributed by atoms with E-state index < -0.39 is 28.0 Å². The molecule has 1 amide bonds. The zero-order valence-electron chi connectivity index (χ0n) is 15.6. The molecule has 9 heteroatoms. The minimum Gasteiger partial charge on any atom is -0.448 e. The minimum atomic E-state index is -3.60. The number of carbonyl (C=O) groups excluding carboxylic acids is 2. The quantitative estimate of drug-likeness (QED) is 0.699. The van der Waals surface area contributed by atoms with Crippen molar-refractivity contribution in [2.45, 2.75) is 37.8 Å². The lowest BCUT2D eigenvalue weighted by molar-refractivity contribution is -0.123. The van der Waals surface area contributed by atoms with Crippen LogP contribution in [0.5, 0.6) is 0 Å². The first-order chi connectivity index (χ1) is 12.6. The van der Waals surface area contributed by atoms with E-state index in [4.69, 9.17) is 4.74 Å². The number of sulfonamides is 1. The molecular formula is C18H23N3O5S. The third-order valence-corrected chi connectivity index (χ3v) is 5.30. The fraction of sp³-hybridized carbons (Fsp3) is 0.333. The molecule has 0 aliphatic carbocycles. The van der Waals surface area contributed by atoms with Crippen molar-refractivity contribution in [3.63, 3.8) is 0 Å². The number of nitrogens with zero attached hydrogens (tertiary/aromatic N) is 1. The predicted octanol–water partition coefficient (Wildman–Crippen LogP) is 1.90. The highest BCUT2D eigenvalue weighted by Gasteiger charge is 2.21. The van der Waals surface area contributed by atoms with E-state index in [1.165, 1.54) is 31.2 Å². The van der Waals surface area contributed by atoms with Crippen molar-refractivity contribution in [2.24, 2.45) is 7.05 Å². The second kappa shape index (κ2) is 8.36. The summed E-state index contributed by atoms with van der Waals surface area (Å²) in [5.74, 6) is -1.13. The van der Waals surface area contributed by atoms with E-state index in [0.717, 1.165) is 0 Å². The molecule has 27 heavy (non-hydrogen) atoms. The van der Waals surface area contributed by atoms with Crippen molar-refractivity contribution in [2.75, 3.05) is 5.32 Å². The average molecular weight is 393 g/mol. The molecule has 146 valence electrons. The summed E-state index contributed by atoms with van der Waals surface area (Å²) in [5.41, 5.74) is 0.729. The van der Waals surface area contributed by atoms with Gasteiger partial charge >= 0.3 is 5.97 Å². The molecule has 0 aliphatic rings. The summed E-state index contributed by atoms with van der Waals surface area (Å²) in [6, 6.07) is 8.79. The number of rotatable bonds is 7. The summed E-state index contributed by atoms with van der Waals surface area (Å²) in [5, 5.41) is 2.59. The number of hydrogen-bond acceptors (Lipinski definition) is 5. The van der Waals surface area contributed by atoms with Crippen LogP contribution in [0.4, 0.5) is 5.69 Å². The minimum absolute atomic E-state index is 0.0948. The molecule has 0 saturated heterocycles. The fourth-order valence-electron chi connectivity index (χ4n) is 2.29. The fourth-order valence-corrected chi connectivity index (χ4v) is 3.54. The van der Waals surface area contributed by atoms with Gasteiger partial charge in [0, 0.05) is 25.0 Å². The Hall–Kier alpha value is -2.65. The van der Waals surface area contributed by atoms with E-state index in [-0.39, 0.29) is 10.9 Å². The van der Waals surface area contributed by atoms with Crippen LogP contribution in [-0.2, 0) is 26.6 Å². The van der Waals surface area contributed by atoms with Gasteiger partial charge in [-0.25, -0.2) is 17.9 Å². The molecule has 2 aromatic rings. The van der Waals surface area contributed by atoms with Crippen LogP contribution in [0.15, 0.2) is 47.5 Å². The van der Waals surface area contributed by atoms with Crippen molar-refractivity contribution in [3.05, 3.63) is 48.3 Å². The van der Waals surface area contributed by atoms with Gasteiger partial charge in [0.1, 0.15) is 5.69 Å². The Kier molecular flexibility index (Phi) is 6.40. The Morgan fingerprint density at radius 1 is 1.07 bits per heavy atom. The van der Waals surface area contributed by atoms with Crippen LogP contribution < -0.4 is 10.0 Å². The first-order valence-electron chi connectivity index (χ1n) is 8.35. The molecule has 0 unspecified atom stereocenters. The molecule has 0 spiro atoms. The van der Waals surface area contributed by atoms with Gasteiger partial charge in [-0.1, -0.05) is 0 Å². The van der Waals surface area contributed by atoms with Gasteiger partial charge in [-0.3, -0.25) is 4.79 Å². The average Bonchev–Trinajstić information content (AvgIpc) is 3.00. The summed E-state index contributed by atoms with van der Waals surface area (Å²) >= 11 is 0. The monoisotopic (exact) mass is 393 g/mol. The van der Waals surface area contributed by atoms with Crippen LogP contribution in [0.25, 0.3) is 0 Å². The standard InChI is InChI=1S/C18H23N3O5S/c1-12(2)20-27(24,25)15-9-7-14(8-10-15)19-17(22)13(3)26-18(23)16-6-5-11-21(16)4/h5-13,20H,1-4H3,(H,19,22)/t13-/m1/s1. The number of ether oxygens (including phenoxy) is 1. The number of amides is 1. The normalized spacial score (nSPS) is 12.6. The Morgan fingerprint density at radius 2 is 1.70 bits per heavy atom. The second-order valence-corrected chi connectivity index (χ2v) is 8.06. The van der Waals surface area contributed by atoms with Crippen molar-refractivity contribution < 1.29 is 22.7 Å². The third kappa shape index (κ3) is 5.41. The summed E-state index contributed by atoms with van der Waals surface area (Å²) in [7, 11) is -1.90. The van der Waals surface area contributed by atoms with Gasteiger partial charge in [0.25, 0.3) is 5.91 Å². The summed E-state index contributed by atoms with van der Waals surface area (Å²) in [4.78, 5) is 24.3. The van der Waals surface area contributed by atoms with Gasteiger partial charge < -0.3 is 14.6 Å². The number of hydrogen-bond donors (Lipinski definition) is 2. The molecule has 2 N–H and O–H groups in total. The summed E-state index contributed by atoms with van der Waals surface area (Å²) in [6.07, 6.45) is 0.684. The highest BCUT2D eigenvalue weighted by Crippen LogP contribution is 2.15. The smallest absolute Gasteiger partial charge is 0.355 e. The maximum atomic E-state index is 12.2. The van der Waals surface area contributed by atoms with E-state index in [1.807, 2.05) is 0 Å². The molecular weight excluding hydrogens is 370 g/mol. The topological polar surface area (TPSA) is 107 Å². The lowest BCUT2D eigenvalue weighted by Crippen LogP contribution is -2.31. The number of aromatic nitrogens is 1. The highest BCUT2D eigenvalue weighted by atomic mass is 32.2. The van der Waals surface area contributed by atoms with Gasteiger partial charge in [0.15, 0.2) is 6.10 Å². The van der Waals surface area contributed by atoms with Gasteiger partial charge in [-0.05, 0) is 57.2 Å². The van der Waals surface area contributed by atoms with Crippen LogP contribution in [0.1, 0.15) is 31.3 Å². The molecule has 8 nitrogen and oxygen atoms in total. The molecule has 0 fully saturated rings. The van der Waals surface area contributed by atoms with E-state index in [1.54, 1.807) is 43.8 Å². The van der Waals surface area contributed by atoms with Crippen LogP contribution >= 0.6 is 0 Å². The number of nitrogens with one attached hydrogen (secondary N) is 2. The Labute approximate surface area is 158 Å². The van der Waals surface area contributed by atoms with E-state index >= 15 is 0 Å². The van der Waals surface area contributed by atoms with Crippen LogP contribution in [0.3, 0.4) is 0 Å². The lowest BCUT2D eigenvalue weighted by atomic mass is 10.3. The molecule has 0 radical (unpaired) electrons. The number of benzene rings is 1. The van der Waals surface area contributed by atoms with Gasteiger partial charge in [-0.2, -0.15) is 0 Å². The molecule has 1 aromatic heterocycles. The van der Waals surface area contributed by atoms with Crippen molar-refractivity contribution in [1.29, 1.82) is 0 Å². The molecule has 1 aromatic carbocycles. The number of esters is 1. The largest absolute Gasteiger partial charge is 0.448 e. The molecule has 2 rings (SSSR count). The Bertz CT molecular complexity index is 917. The molecule has 0 saturated carbocycles. The second-order valence-electron chi connectivity index (χ2n) is 6.34. The SMILES string of the molecule is CC(C)NS(=O)(=O)c1ccc(NC(=O)[C@@H](C)OC(=O)c2cccn2C)cc1. The van der Waals surface area contributed by atoms with Crippen molar-refractivity contribution in [1.82, 2.24) is 9.29 Å². The molecule has 0 bridgehead atoms. The van der Waals surface area contributed by atoms with Crippen molar-refractivity contribution in [3.8, 4) is 0 Å². The molecule has 1 atom stereocenters. The molecule has 1 heterocycles. The van der Waals surface area contributed by atoms with Gasteiger partial charge in [0.05, 0.1) is 4.90 Å². The maximum Gasteiger partial charge on any atom is 0.355 e. The lowest BCUT2D eigenvalue weighted by Gasteiger charge is -2.14. The molecule has 0 aliphatic heterocycles. The highest BCUT2D eigenvalue weighted by molar-refractivity contribution is 7.89. The Morgan fingerprint density at radius 3 is 2.22 bits per heavy atom. The number of carbonyl (C=O) groups is 2. The van der Waals surface area contributed by atoms with E-state index in [0.29, 0.717) is 11.4 Å². The third-order valence-electron chi connectivity index (χ3n) is 3.63. The maximum absolute atomic E-state index is 12.2. The van der Waals surface area contributed by atoms with E-state index in [2.05, 4.69) is 10.0 Å². The van der Waals surface area contributed by atoms with Gasteiger partial charge in [0.2, 0.25) is 10.0 Å². The van der Waals surface area contributed by atoms with Crippen LogP contribution in [-0.4, -0.2) is 37.0 Å². The summed E-state index contributed by atoms with van der Waals surface area (Å²) in [6.45, 7) is 4.91. The van der Waals surface area contributed by atoms with Crippen LogP contribution in [0.2, 0.25) is 0 Å². The van der Waals surface area contributed by atoms with E-state index in [9.17, 15) is 18.0 Å². The first-order valence-corrected chi connectivity index (χ1v) is 9.84. The van der Waals surface area contributed by atoms with Crippen LogP contribution in [0, 0.1) is 0 Å². The first kappa shape index (κ1) is 20.7. The predicted molar refractivity (Wildman–Crippen MR) is 101 cm³/mol. The summed E-state index contributed by atoms with van der Waals surface area (Å²) < 4.78 is 33.4. The van der Waals surface area contributed by atoms with Crippen molar-refractivity contribution >= 4 is 27.6 Å². The Balaban J connectivity index is 1.99.